The summed E-state index contributed by atoms with van der Waals surface area (Å²) in [6.45, 7) is 9.55. The van der Waals surface area contributed by atoms with Crippen molar-refractivity contribution in [3.05, 3.63) is 41.5 Å². The van der Waals surface area contributed by atoms with E-state index in [1.54, 1.807) is 0 Å². The van der Waals surface area contributed by atoms with Gasteiger partial charge in [-0.05, 0) is 64.5 Å². The number of esters is 1. The van der Waals surface area contributed by atoms with E-state index in [-0.39, 0.29) is 12.1 Å². The molecule has 4 rings (SSSR count). The van der Waals surface area contributed by atoms with Crippen LogP contribution in [0.25, 0.3) is 5.57 Å². The molecule has 0 amide bonds. The molecule has 2 unspecified atom stereocenters. The molecule has 3 nitrogen and oxygen atoms in total. The van der Waals surface area contributed by atoms with Crippen LogP contribution in [0.4, 0.5) is 0 Å². The van der Waals surface area contributed by atoms with Gasteiger partial charge in [-0.15, -0.1) is 0 Å². The van der Waals surface area contributed by atoms with Crippen LogP contribution in [0.5, 0.6) is 0 Å². The molecule has 3 heteroatoms. The minimum atomic E-state index is -0.00109. The second kappa shape index (κ2) is 8.86. The van der Waals surface area contributed by atoms with Gasteiger partial charge in [-0.2, -0.15) is 0 Å². The molecular weight excluding hydrogens is 370 g/mol. The number of allylic oxidation sites excluding steroid dienone is 1. The van der Waals surface area contributed by atoms with Crippen LogP contribution in [0.15, 0.2) is 35.9 Å². The summed E-state index contributed by atoms with van der Waals surface area (Å²) in [6.07, 6.45) is 9.80. The second-order valence-corrected chi connectivity index (χ2v) is 10.4. The summed E-state index contributed by atoms with van der Waals surface area (Å²) < 4.78 is 7.36. The molecule has 1 aromatic rings. The number of carbonyl (C=O) groups is 1. The van der Waals surface area contributed by atoms with Gasteiger partial charge in [0.2, 0.25) is 0 Å². The molecule has 2 heterocycles. The van der Waals surface area contributed by atoms with Crippen LogP contribution in [-0.2, 0) is 9.53 Å². The third-order valence-electron chi connectivity index (χ3n) is 8.32. The van der Waals surface area contributed by atoms with Crippen LogP contribution >= 0.6 is 0 Å². The number of benzene rings is 1. The molecule has 2 aliphatic heterocycles. The Kier molecular flexibility index (Phi) is 6.39. The number of piperidine rings is 1. The summed E-state index contributed by atoms with van der Waals surface area (Å²) in [4.78, 5) is 13.0. The molecule has 1 aliphatic carbocycles. The Hall–Kier alpha value is -1.61. The summed E-state index contributed by atoms with van der Waals surface area (Å²) in [6, 6.07) is 13.2. The Bertz CT molecular complexity index is 755. The van der Waals surface area contributed by atoms with E-state index < -0.39 is 0 Å². The Morgan fingerprint density at radius 1 is 0.967 bits per heavy atom. The molecule has 0 saturated carbocycles. The van der Waals surface area contributed by atoms with Crippen LogP contribution in [0.3, 0.4) is 0 Å². The molecule has 2 fully saturated rings. The number of hydrogen-bond acceptors (Lipinski definition) is 2. The molecule has 2 bridgehead atoms. The highest BCUT2D eigenvalue weighted by molar-refractivity contribution is 5.79. The third kappa shape index (κ3) is 3.86. The van der Waals surface area contributed by atoms with Crippen LogP contribution < -0.4 is 0 Å². The van der Waals surface area contributed by atoms with E-state index in [2.05, 4.69) is 58.0 Å². The summed E-state index contributed by atoms with van der Waals surface area (Å²) in [7, 11) is 0. The first kappa shape index (κ1) is 21.6. The first-order valence-corrected chi connectivity index (χ1v) is 12.3. The van der Waals surface area contributed by atoms with E-state index in [1.165, 1.54) is 46.9 Å². The van der Waals surface area contributed by atoms with Crippen molar-refractivity contribution in [2.45, 2.75) is 116 Å². The lowest BCUT2D eigenvalue weighted by Crippen LogP contribution is -2.68. The van der Waals surface area contributed by atoms with Gasteiger partial charge >= 0.3 is 5.97 Å². The van der Waals surface area contributed by atoms with E-state index in [0.29, 0.717) is 30.6 Å². The standard InChI is InChI=1S/C27H40NO2/c1-19(2)28(20(3)4)23-14-15-24(28)18-25(17-23)30-27(29)16-22-12-8-9-13-26(22)21-10-6-5-7-11-21/h5-7,10-11,19-20,23-25H,8-9,12-18H2,1-4H3/q+1. The zero-order valence-electron chi connectivity index (χ0n) is 19.4. The maximum Gasteiger partial charge on any atom is 0.310 e. The smallest absolute Gasteiger partial charge is 0.310 e. The Labute approximate surface area is 183 Å². The predicted octanol–water partition coefficient (Wildman–Crippen LogP) is 6.27. The predicted molar refractivity (Wildman–Crippen MR) is 123 cm³/mol. The highest BCUT2D eigenvalue weighted by Gasteiger charge is 2.57. The molecule has 164 valence electrons. The quantitative estimate of drug-likeness (QED) is 0.408. The van der Waals surface area contributed by atoms with E-state index in [1.807, 2.05) is 0 Å². The van der Waals surface area contributed by atoms with Gasteiger partial charge in [0.15, 0.2) is 0 Å². The Morgan fingerprint density at radius 3 is 2.17 bits per heavy atom. The summed E-state index contributed by atoms with van der Waals surface area (Å²) in [5.74, 6) is -0.00109. The van der Waals surface area contributed by atoms with Crippen LogP contribution in [0, 0.1) is 0 Å². The van der Waals surface area contributed by atoms with Crippen molar-refractivity contribution in [3.8, 4) is 0 Å². The lowest BCUT2D eigenvalue weighted by molar-refractivity contribution is -1.00. The largest absolute Gasteiger partial charge is 0.462 e. The number of carbonyl (C=O) groups excluding carboxylic acids is 1. The molecular formula is C27H40NO2+. The van der Waals surface area contributed by atoms with Crippen molar-refractivity contribution in [2.24, 2.45) is 0 Å². The van der Waals surface area contributed by atoms with Crippen molar-refractivity contribution in [1.82, 2.24) is 0 Å². The summed E-state index contributed by atoms with van der Waals surface area (Å²) >= 11 is 0. The molecule has 30 heavy (non-hydrogen) atoms. The second-order valence-electron chi connectivity index (χ2n) is 10.4. The summed E-state index contributed by atoms with van der Waals surface area (Å²) in [5.41, 5.74) is 3.98. The maximum absolute atomic E-state index is 13.0. The third-order valence-corrected chi connectivity index (χ3v) is 8.32. The highest BCUT2D eigenvalue weighted by atomic mass is 16.5. The van der Waals surface area contributed by atoms with Gasteiger partial charge in [-0.3, -0.25) is 4.79 Å². The number of hydrogen-bond donors (Lipinski definition) is 0. The minimum Gasteiger partial charge on any atom is -0.462 e. The van der Waals surface area contributed by atoms with Gasteiger partial charge < -0.3 is 9.22 Å². The van der Waals surface area contributed by atoms with Gasteiger partial charge in [-0.1, -0.05) is 35.9 Å². The first-order chi connectivity index (χ1) is 14.4. The van der Waals surface area contributed by atoms with Gasteiger partial charge in [0.1, 0.15) is 6.10 Å². The SMILES string of the molecule is CC(C)[N+]1(C(C)C)C2CCC1CC(OC(=O)CC1=C(c3ccccc3)CCCC1)C2. The van der Waals surface area contributed by atoms with Gasteiger partial charge in [0.05, 0.1) is 30.6 Å². The monoisotopic (exact) mass is 410 g/mol. The zero-order chi connectivity index (χ0) is 21.3. The fourth-order valence-corrected chi connectivity index (χ4v) is 7.37. The van der Waals surface area contributed by atoms with Crippen LogP contribution in [0.1, 0.15) is 91.0 Å². The molecule has 0 radical (unpaired) electrons. The molecule has 0 spiro atoms. The average molecular weight is 411 g/mol. The lowest BCUT2D eigenvalue weighted by Gasteiger charge is -2.55. The van der Waals surface area contributed by atoms with Gasteiger partial charge in [-0.25, -0.2) is 0 Å². The zero-order valence-corrected chi connectivity index (χ0v) is 19.4. The maximum atomic E-state index is 13.0. The minimum absolute atomic E-state index is 0.00109. The molecule has 2 atom stereocenters. The number of fused-ring (bicyclic) bond motifs is 2. The lowest BCUT2D eigenvalue weighted by atomic mass is 9.86. The van der Waals surface area contributed by atoms with Crippen molar-refractivity contribution in [1.29, 1.82) is 0 Å². The van der Waals surface area contributed by atoms with Crippen LogP contribution in [0.2, 0.25) is 0 Å². The topological polar surface area (TPSA) is 26.3 Å². The van der Waals surface area contributed by atoms with E-state index >= 15 is 0 Å². The van der Waals surface area contributed by atoms with Crippen molar-refractivity contribution in [2.75, 3.05) is 0 Å². The molecule has 0 aromatic heterocycles. The van der Waals surface area contributed by atoms with Crippen molar-refractivity contribution >= 4 is 11.5 Å². The van der Waals surface area contributed by atoms with Gasteiger partial charge in [0.25, 0.3) is 0 Å². The molecule has 1 aromatic carbocycles. The van der Waals surface area contributed by atoms with Crippen molar-refractivity contribution in [3.63, 3.8) is 0 Å². The Balaban J connectivity index is 1.44. The highest BCUT2D eigenvalue weighted by Crippen LogP contribution is 2.47. The molecule has 2 saturated heterocycles. The number of nitrogens with zero attached hydrogens (tertiary/aromatic N) is 1. The van der Waals surface area contributed by atoms with E-state index in [0.717, 1.165) is 25.7 Å². The number of rotatable bonds is 6. The molecule has 3 aliphatic rings. The Morgan fingerprint density at radius 2 is 1.57 bits per heavy atom. The average Bonchev–Trinajstić information content (AvgIpc) is 2.95. The van der Waals surface area contributed by atoms with Crippen LogP contribution in [-0.4, -0.2) is 40.7 Å². The number of quaternary nitrogens is 1. The number of ether oxygens (including phenoxy) is 1. The fraction of sp³-hybridized carbons (Fsp3) is 0.667. The first-order valence-electron chi connectivity index (χ1n) is 12.3. The van der Waals surface area contributed by atoms with E-state index in [9.17, 15) is 4.79 Å². The fourth-order valence-electron chi connectivity index (χ4n) is 7.37. The molecule has 0 N–H and O–H groups in total. The summed E-state index contributed by atoms with van der Waals surface area (Å²) in [5, 5.41) is 0. The van der Waals surface area contributed by atoms with E-state index in [4.69, 9.17) is 4.74 Å². The normalized spacial score (nSPS) is 28.3. The van der Waals surface area contributed by atoms with Gasteiger partial charge in [0, 0.05) is 25.7 Å². The van der Waals surface area contributed by atoms with Crippen molar-refractivity contribution < 1.29 is 14.0 Å².